The van der Waals surface area contributed by atoms with Crippen molar-refractivity contribution in [2.75, 3.05) is 33.9 Å². The fourth-order valence-electron chi connectivity index (χ4n) is 1.60. The first kappa shape index (κ1) is 16.2. The van der Waals surface area contributed by atoms with Gasteiger partial charge >= 0.3 is 0 Å². The molecule has 0 aliphatic carbocycles. The molecular weight excluding hydrogens is 287 g/mol. The SMILES string of the molecule is COCCNC(=O)CN(C)Cc1ccc(Cl)c(Cl)c1. The summed E-state index contributed by atoms with van der Waals surface area (Å²) >= 11 is 11.8. The first-order valence-electron chi connectivity index (χ1n) is 5.91. The minimum atomic E-state index is -0.0281. The molecule has 1 aromatic carbocycles. The molecule has 0 bridgehead atoms. The third-order valence-electron chi connectivity index (χ3n) is 2.48. The van der Waals surface area contributed by atoms with E-state index in [4.69, 9.17) is 27.9 Å². The van der Waals surface area contributed by atoms with Gasteiger partial charge in [-0.2, -0.15) is 0 Å². The van der Waals surface area contributed by atoms with E-state index in [0.29, 0.717) is 36.3 Å². The first-order valence-corrected chi connectivity index (χ1v) is 6.66. The molecule has 0 unspecified atom stereocenters. The summed E-state index contributed by atoms with van der Waals surface area (Å²) in [7, 11) is 3.47. The topological polar surface area (TPSA) is 41.6 Å². The van der Waals surface area contributed by atoms with Crippen LogP contribution in [0.1, 0.15) is 5.56 Å². The fraction of sp³-hybridized carbons (Fsp3) is 0.462. The molecule has 4 nitrogen and oxygen atoms in total. The third kappa shape index (κ3) is 6.25. The molecule has 0 aliphatic heterocycles. The molecule has 0 saturated heterocycles. The summed E-state index contributed by atoms with van der Waals surface area (Å²) in [6.07, 6.45) is 0. The van der Waals surface area contributed by atoms with Gasteiger partial charge in [0.05, 0.1) is 23.2 Å². The van der Waals surface area contributed by atoms with Crippen LogP contribution in [0.4, 0.5) is 0 Å². The molecule has 106 valence electrons. The van der Waals surface area contributed by atoms with E-state index in [2.05, 4.69) is 5.32 Å². The maximum absolute atomic E-state index is 11.6. The van der Waals surface area contributed by atoms with E-state index in [0.717, 1.165) is 5.56 Å². The number of benzene rings is 1. The van der Waals surface area contributed by atoms with Gasteiger partial charge in [0, 0.05) is 20.2 Å². The van der Waals surface area contributed by atoms with Crippen LogP contribution >= 0.6 is 23.2 Å². The highest BCUT2D eigenvalue weighted by molar-refractivity contribution is 6.42. The average Bonchev–Trinajstić information content (AvgIpc) is 2.34. The van der Waals surface area contributed by atoms with Crippen LogP contribution in [0, 0.1) is 0 Å². The molecule has 0 fully saturated rings. The van der Waals surface area contributed by atoms with Crippen LogP contribution in [-0.2, 0) is 16.1 Å². The summed E-state index contributed by atoms with van der Waals surface area (Å²) in [5.41, 5.74) is 1.02. The van der Waals surface area contributed by atoms with Crippen LogP contribution in [0.3, 0.4) is 0 Å². The lowest BCUT2D eigenvalue weighted by atomic mass is 10.2. The molecule has 0 atom stereocenters. The van der Waals surface area contributed by atoms with Crippen LogP contribution in [0.15, 0.2) is 18.2 Å². The smallest absolute Gasteiger partial charge is 0.234 e. The number of rotatable bonds is 7. The molecule has 6 heteroatoms. The molecule has 0 spiro atoms. The molecule has 1 aromatic rings. The Labute approximate surface area is 123 Å². The van der Waals surface area contributed by atoms with Gasteiger partial charge in [0.1, 0.15) is 0 Å². The maximum atomic E-state index is 11.6. The Balaban J connectivity index is 2.39. The van der Waals surface area contributed by atoms with Gasteiger partial charge in [-0.05, 0) is 24.7 Å². The summed E-state index contributed by atoms with van der Waals surface area (Å²) in [5, 5.41) is 3.83. The van der Waals surface area contributed by atoms with Crippen LogP contribution in [0.2, 0.25) is 10.0 Å². The number of methoxy groups -OCH3 is 1. The van der Waals surface area contributed by atoms with Gasteiger partial charge < -0.3 is 10.1 Å². The molecule has 1 N–H and O–H groups in total. The van der Waals surface area contributed by atoms with Crippen molar-refractivity contribution in [3.8, 4) is 0 Å². The van der Waals surface area contributed by atoms with Crippen molar-refractivity contribution in [1.29, 1.82) is 0 Å². The molecule has 0 aliphatic rings. The second-order valence-corrected chi connectivity index (χ2v) is 5.08. The molecule has 0 aromatic heterocycles. The average molecular weight is 305 g/mol. The molecular formula is C13H18Cl2N2O2. The van der Waals surface area contributed by atoms with E-state index >= 15 is 0 Å². The van der Waals surface area contributed by atoms with Crippen molar-refractivity contribution < 1.29 is 9.53 Å². The summed E-state index contributed by atoms with van der Waals surface area (Å²) in [4.78, 5) is 13.5. The van der Waals surface area contributed by atoms with E-state index in [9.17, 15) is 4.79 Å². The molecule has 0 radical (unpaired) electrons. The van der Waals surface area contributed by atoms with Crippen molar-refractivity contribution in [1.82, 2.24) is 10.2 Å². The first-order chi connectivity index (χ1) is 9.02. The number of likely N-dealkylation sites (N-methyl/N-ethyl adjacent to an activating group) is 1. The maximum Gasteiger partial charge on any atom is 0.234 e. The Hall–Kier alpha value is -0.810. The summed E-state index contributed by atoms with van der Waals surface area (Å²) < 4.78 is 4.86. The van der Waals surface area contributed by atoms with Gasteiger partial charge in [-0.1, -0.05) is 29.3 Å². The zero-order chi connectivity index (χ0) is 14.3. The van der Waals surface area contributed by atoms with Crippen LogP contribution in [0.25, 0.3) is 0 Å². The van der Waals surface area contributed by atoms with Crippen LogP contribution in [-0.4, -0.2) is 44.7 Å². The van der Waals surface area contributed by atoms with E-state index in [-0.39, 0.29) is 5.91 Å². The van der Waals surface area contributed by atoms with E-state index in [1.165, 1.54) is 0 Å². The summed E-state index contributed by atoms with van der Waals surface area (Å²) in [6, 6.07) is 5.46. The zero-order valence-electron chi connectivity index (χ0n) is 11.1. The Morgan fingerprint density at radius 1 is 1.37 bits per heavy atom. The highest BCUT2D eigenvalue weighted by atomic mass is 35.5. The number of ether oxygens (including phenoxy) is 1. The Bertz CT molecular complexity index is 427. The minimum absolute atomic E-state index is 0.0281. The fourth-order valence-corrected chi connectivity index (χ4v) is 1.92. The molecule has 1 amide bonds. The second-order valence-electron chi connectivity index (χ2n) is 4.26. The summed E-state index contributed by atoms with van der Waals surface area (Å²) in [5.74, 6) is -0.0281. The third-order valence-corrected chi connectivity index (χ3v) is 3.22. The lowest BCUT2D eigenvalue weighted by Gasteiger charge is -2.16. The van der Waals surface area contributed by atoms with Crippen LogP contribution in [0.5, 0.6) is 0 Å². The van der Waals surface area contributed by atoms with E-state index in [1.807, 2.05) is 24.1 Å². The molecule has 1 rings (SSSR count). The Morgan fingerprint density at radius 2 is 2.11 bits per heavy atom. The largest absolute Gasteiger partial charge is 0.383 e. The predicted octanol–water partition coefficient (Wildman–Crippen LogP) is 2.19. The van der Waals surface area contributed by atoms with Crippen molar-refractivity contribution in [3.05, 3.63) is 33.8 Å². The summed E-state index contributed by atoms with van der Waals surface area (Å²) in [6.45, 7) is 2.00. The lowest BCUT2D eigenvalue weighted by Crippen LogP contribution is -2.36. The standard InChI is InChI=1S/C13H18Cl2N2O2/c1-17(9-13(18)16-5-6-19-2)8-10-3-4-11(14)12(15)7-10/h3-4,7H,5-6,8-9H2,1-2H3,(H,16,18). The normalized spacial score (nSPS) is 10.8. The van der Waals surface area contributed by atoms with Gasteiger partial charge in [-0.3, -0.25) is 9.69 Å². The van der Waals surface area contributed by atoms with Crippen molar-refractivity contribution >= 4 is 29.1 Å². The van der Waals surface area contributed by atoms with Crippen molar-refractivity contribution in [3.63, 3.8) is 0 Å². The van der Waals surface area contributed by atoms with E-state index in [1.54, 1.807) is 13.2 Å². The number of nitrogens with zero attached hydrogens (tertiary/aromatic N) is 1. The number of hydrogen-bond acceptors (Lipinski definition) is 3. The minimum Gasteiger partial charge on any atom is -0.383 e. The zero-order valence-corrected chi connectivity index (χ0v) is 12.6. The van der Waals surface area contributed by atoms with Gasteiger partial charge in [0.2, 0.25) is 5.91 Å². The number of halogens is 2. The van der Waals surface area contributed by atoms with Crippen LogP contribution < -0.4 is 5.32 Å². The number of carbonyl (C=O) groups excluding carboxylic acids is 1. The second kappa shape index (κ2) is 8.38. The molecule has 0 heterocycles. The number of carbonyl (C=O) groups is 1. The number of hydrogen-bond donors (Lipinski definition) is 1. The predicted molar refractivity (Wildman–Crippen MR) is 77.7 cm³/mol. The highest BCUT2D eigenvalue weighted by Crippen LogP contribution is 2.22. The Kier molecular flexibility index (Phi) is 7.16. The molecule has 0 saturated carbocycles. The van der Waals surface area contributed by atoms with Gasteiger partial charge in [-0.25, -0.2) is 0 Å². The lowest BCUT2D eigenvalue weighted by molar-refractivity contribution is -0.122. The monoisotopic (exact) mass is 304 g/mol. The number of amides is 1. The quantitative estimate of drug-likeness (QED) is 0.785. The van der Waals surface area contributed by atoms with Gasteiger partial charge in [0.25, 0.3) is 0 Å². The van der Waals surface area contributed by atoms with Gasteiger partial charge in [-0.15, -0.1) is 0 Å². The number of nitrogens with one attached hydrogen (secondary N) is 1. The Morgan fingerprint density at radius 3 is 2.74 bits per heavy atom. The van der Waals surface area contributed by atoms with E-state index < -0.39 is 0 Å². The highest BCUT2D eigenvalue weighted by Gasteiger charge is 2.07. The van der Waals surface area contributed by atoms with Gasteiger partial charge in [0.15, 0.2) is 0 Å². The van der Waals surface area contributed by atoms with Crippen molar-refractivity contribution in [2.45, 2.75) is 6.54 Å². The van der Waals surface area contributed by atoms with Crippen molar-refractivity contribution in [2.24, 2.45) is 0 Å². The molecule has 19 heavy (non-hydrogen) atoms.